The number of halogens is 1. The quantitative estimate of drug-likeness (QED) is 0.884. The van der Waals surface area contributed by atoms with Crippen molar-refractivity contribution in [1.82, 2.24) is 9.97 Å². The lowest BCUT2D eigenvalue weighted by molar-refractivity contribution is 0.696. The molecule has 3 nitrogen and oxygen atoms in total. The van der Waals surface area contributed by atoms with Gasteiger partial charge in [0.25, 0.3) is 0 Å². The number of benzene rings is 1. The van der Waals surface area contributed by atoms with Crippen LogP contribution in [0.2, 0.25) is 0 Å². The molecular formula is C16H18BrN3. The predicted octanol–water partition coefficient (Wildman–Crippen LogP) is 4.45. The Hall–Kier alpha value is -1.42. The molecule has 0 aliphatic heterocycles. The maximum absolute atomic E-state index is 5.98. The molecule has 20 heavy (non-hydrogen) atoms. The summed E-state index contributed by atoms with van der Waals surface area (Å²) in [4.78, 5) is 9.16. The summed E-state index contributed by atoms with van der Waals surface area (Å²) >= 11 is 3.60. The van der Waals surface area contributed by atoms with Gasteiger partial charge in [-0.05, 0) is 37.5 Å². The van der Waals surface area contributed by atoms with E-state index in [1.54, 1.807) is 0 Å². The lowest BCUT2D eigenvalue weighted by Crippen LogP contribution is -2.03. The number of nitrogens with zero attached hydrogens (tertiary/aromatic N) is 2. The van der Waals surface area contributed by atoms with Gasteiger partial charge in [0.2, 0.25) is 0 Å². The maximum Gasteiger partial charge on any atom is 0.162 e. The zero-order valence-corrected chi connectivity index (χ0v) is 13.2. The number of hydrogen-bond acceptors (Lipinski definition) is 3. The van der Waals surface area contributed by atoms with Crippen LogP contribution in [0, 0.1) is 6.92 Å². The normalized spacial score (nSPS) is 15.7. The molecule has 1 saturated carbocycles. The van der Waals surface area contributed by atoms with Crippen molar-refractivity contribution >= 4 is 21.7 Å². The highest BCUT2D eigenvalue weighted by molar-refractivity contribution is 9.10. The Labute approximate surface area is 127 Å². The van der Waals surface area contributed by atoms with Crippen LogP contribution in [-0.2, 0) is 0 Å². The second-order valence-corrected chi connectivity index (χ2v) is 6.36. The lowest BCUT2D eigenvalue weighted by atomic mass is 10.0. The van der Waals surface area contributed by atoms with Gasteiger partial charge in [0.05, 0.1) is 0 Å². The Balaban J connectivity index is 2.04. The number of hydrogen-bond donors (Lipinski definition) is 1. The van der Waals surface area contributed by atoms with Crippen molar-refractivity contribution in [3.05, 3.63) is 40.0 Å². The fourth-order valence-corrected chi connectivity index (χ4v) is 3.51. The number of aryl methyl sites for hydroxylation is 1. The Kier molecular flexibility index (Phi) is 3.74. The van der Waals surface area contributed by atoms with Crippen LogP contribution in [0.15, 0.2) is 28.7 Å². The fraction of sp³-hybridized carbons (Fsp3) is 0.375. The first-order valence-corrected chi connectivity index (χ1v) is 7.84. The molecule has 3 rings (SSSR count). The molecule has 1 aromatic heterocycles. The topological polar surface area (TPSA) is 51.8 Å². The number of nitrogens with two attached hydrogens (primary N) is 1. The lowest BCUT2D eigenvalue weighted by Gasteiger charge is -2.12. The fourth-order valence-electron chi connectivity index (χ4n) is 2.84. The summed E-state index contributed by atoms with van der Waals surface area (Å²) in [5.41, 5.74) is 9.28. The molecule has 1 heterocycles. The largest absolute Gasteiger partial charge is 0.384 e. The summed E-state index contributed by atoms with van der Waals surface area (Å²) < 4.78 is 1.01. The van der Waals surface area contributed by atoms with E-state index in [9.17, 15) is 0 Å². The number of aromatic nitrogens is 2. The van der Waals surface area contributed by atoms with Crippen LogP contribution < -0.4 is 5.73 Å². The highest BCUT2D eigenvalue weighted by Crippen LogP contribution is 2.35. The Morgan fingerprint density at radius 3 is 2.60 bits per heavy atom. The van der Waals surface area contributed by atoms with Crippen LogP contribution in [0.3, 0.4) is 0 Å². The molecule has 2 aromatic rings. The molecule has 2 N–H and O–H groups in total. The minimum Gasteiger partial charge on any atom is -0.384 e. The van der Waals surface area contributed by atoms with Crippen molar-refractivity contribution in [3.8, 4) is 11.4 Å². The molecule has 0 unspecified atom stereocenters. The summed E-state index contributed by atoms with van der Waals surface area (Å²) in [6, 6.07) is 8.13. The van der Waals surface area contributed by atoms with Gasteiger partial charge in [0.1, 0.15) is 5.82 Å². The van der Waals surface area contributed by atoms with Gasteiger partial charge in [0, 0.05) is 27.7 Å². The van der Waals surface area contributed by atoms with Gasteiger partial charge in [0.15, 0.2) is 5.82 Å². The van der Waals surface area contributed by atoms with E-state index >= 15 is 0 Å². The first-order valence-electron chi connectivity index (χ1n) is 7.04. The minimum atomic E-state index is 0.545. The Morgan fingerprint density at radius 1 is 1.15 bits per heavy atom. The van der Waals surface area contributed by atoms with E-state index in [0.29, 0.717) is 11.7 Å². The number of anilines is 1. The molecule has 1 aromatic carbocycles. The van der Waals surface area contributed by atoms with Crippen molar-refractivity contribution in [1.29, 1.82) is 0 Å². The van der Waals surface area contributed by atoms with Crippen LogP contribution in [0.5, 0.6) is 0 Å². The van der Waals surface area contributed by atoms with E-state index in [0.717, 1.165) is 21.6 Å². The van der Waals surface area contributed by atoms with Crippen molar-refractivity contribution in [3.63, 3.8) is 0 Å². The molecule has 0 radical (unpaired) electrons. The molecule has 0 bridgehead atoms. The zero-order chi connectivity index (χ0) is 14.1. The van der Waals surface area contributed by atoms with Crippen molar-refractivity contribution in [2.45, 2.75) is 38.5 Å². The first kappa shape index (κ1) is 13.6. The van der Waals surface area contributed by atoms with Crippen LogP contribution >= 0.6 is 15.9 Å². The standard InChI is InChI=1S/C16H18BrN3/c1-10-6-7-12(13(17)8-10)16-19-14(9-15(18)20-16)11-4-2-3-5-11/h6-9,11H,2-5H2,1H3,(H2,18,19,20). The van der Waals surface area contributed by atoms with Crippen molar-refractivity contribution < 1.29 is 0 Å². The summed E-state index contributed by atoms with van der Waals surface area (Å²) in [6.45, 7) is 2.07. The third-order valence-corrected chi connectivity index (χ3v) is 4.56. The van der Waals surface area contributed by atoms with Crippen molar-refractivity contribution in [2.24, 2.45) is 0 Å². The van der Waals surface area contributed by atoms with Gasteiger partial charge in [-0.15, -0.1) is 0 Å². The first-order chi connectivity index (χ1) is 9.63. The second kappa shape index (κ2) is 5.52. The van der Waals surface area contributed by atoms with E-state index in [1.807, 2.05) is 12.1 Å². The molecule has 0 amide bonds. The second-order valence-electron chi connectivity index (χ2n) is 5.51. The molecule has 1 aliphatic carbocycles. The summed E-state index contributed by atoms with van der Waals surface area (Å²) in [6.07, 6.45) is 5.01. The van der Waals surface area contributed by atoms with Crippen LogP contribution in [0.4, 0.5) is 5.82 Å². The smallest absolute Gasteiger partial charge is 0.162 e. The van der Waals surface area contributed by atoms with Crippen molar-refractivity contribution in [2.75, 3.05) is 5.73 Å². The van der Waals surface area contributed by atoms with E-state index in [1.165, 1.54) is 31.2 Å². The van der Waals surface area contributed by atoms with E-state index < -0.39 is 0 Å². The maximum atomic E-state index is 5.98. The van der Waals surface area contributed by atoms with Crippen LogP contribution in [-0.4, -0.2) is 9.97 Å². The van der Waals surface area contributed by atoms with Crippen LogP contribution in [0.25, 0.3) is 11.4 Å². The van der Waals surface area contributed by atoms with Gasteiger partial charge < -0.3 is 5.73 Å². The Morgan fingerprint density at radius 2 is 1.90 bits per heavy atom. The minimum absolute atomic E-state index is 0.545. The van der Waals surface area contributed by atoms with Gasteiger partial charge in [-0.3, -0.25) is 0 Å². The summed E-state index contributed by atoms with van der Waals surface area (Å²) in [5, 5.41) is 0. The molecule has 1 fully saturated rings. The van der Waals surface area contributed by atoms with E-state index in [2.05, 4.69) is 40.0 Å². The number of rotatable bonds is 2. The average Bonchev–Trinajstić information content (AvgIpc) is 2.91. The van der Waals surface area contributed by atoms with Gasteiger partial charge in [-0.1, -0.05) is 34.8 Å². The Bertz CT molecular complexity index is 634. The molecule has 0 saturated heterocycles. The molecule has 4 heteroatoms. The molecule has 1 aliphatic rings. The summed E-state index contributed by atoms with van der Waals surface area (Å²) in [5.74, 6) is 1.83. The molecule has 0 atom stereocenters. The van der Waals surface area contributed by atoms with E-state index in [-0.39, 0.29) is 0 Å². The third-order valence-electron chi connectivity index (χ3n) is 3.90. The molecule has 104 valence electrons. The van der Waals surface area contributed by atoms with Gasteiger partial charge >= 0.3 is 0 Å². The highest BCUT2D eigenvalue weighted by Gasteiger charge is 2.20. The zero-order valence-electron chi connectivity index (χ0n) is 11.6. The van der Waals surface area contributed by atoms with Crippen LogP contribution in [0.1, 0.15) is 42.9 Å². The third kappa shape index (κ3) is 2.70. The molecule has 0 spiro atoms. The SMILES string of the molecule is Cc1ccc(-c2nc(N)cc(C3CCCC3)n2)c(Br)c1. The van der Waals surface area contributed by atoms with E-state index in [4.69, 9.17) is 10.7 Å². The average molecular weight is 332 g/mol. The summed E-state index contributed by atoms with van der Waals surface area (Å²) in [7, 11) is 0. The highest BCUT2D eigenvalue weighted by atomic mass is 79.9. The monoisotopic (exact) mass is 331 g/mol. The molecular weight excluding hydrogens is 314 g/mol. The number of nitrogen functional groups attached to an aromatic ring is 1. The predicted molar refractivity (Wildman–Crippen MR) is 85.5 cm³/mol. The van der Waals surface area contributed by atoms with Gasteiger partial charge in [-0.2, -0.15) is 0 Å². The van der Waals surface area contributed by atoms with Gasteiger partial charge in [-0.25, -0.2) is 9.97 Å².